The zero-order valence-electron chi connectivity index (χ0n) is 16.2. The van der Waals surface area contributed by atoms with Gasteiger partial charge in [0.25, 0.3) is 0 Å². The zero-order chi connectivity index (χ0) is 20.7. The number of hydrogen-bond donors (Lipinski definition) is 2. The van der Waals surface area contributed by atoms with Gasteiger partial charge in [0.05, 0.1) is 28.4 Å². The third-order valence-electron chi connectivity index (χ3n) is 4.08. The molecule has 0 saturated heterocycles. The molecule has 0 heterocycles. The van der Waals surface area contributed by atoms with Gasteiger partial charge in [-0.05, 0) is 36.2 Å². The molecule has 0 aliphatic carbocycles. The Hall–Kier alpha value is -3.42. The summed E-state index contributed by atoms with van der Waals surface area (Å²) in [6.07, 6.45) is 0.661. The highest BCUT2D eigenvalue weighted by Gasteiger charge is 2.15. The van der Waals surface area contributed by atoms with Gasteiger partial charge in [0.2, 0.25) is 11.7 Å². The van der Waals surface area contributed by atoms with E-state index in [1.807, 2.05) is 0 Å². The van der Waals surface area contributed by atoms with Gasteiger partial charge in [0.1, 0.15) is 11.3 Å². The van der Waals surface area contributed by atoms with Crippen molar-refractivity contribution in [1.29, 1.82) is 0 Å². The molecule has 2 N–H and O–H groups in total. The van der Waals surface area contributed by atoms with E-state index in [2.05, 4.69) is 5.32 Å². The highest BCUT2D eigenvalue weighted by atomic mass is 16.5. The molecule has 0 radical (unpaired) electrons. The first-order valence-corrected chi connectivity index (χ1v) is 8.43. The number of anilines is 1. The predicted octanol–water partition coefficient (Wildman–Crippen LogP) is 2.99. The molecular weight excluding hydrogens is 366 g/mol. The Morgan fingerprint density at radius 1 is 0.893 bits per heavy atom. The number of carbonyl (C=O) groups excluding carboxylic acids is 1. The molecule has 0 unspecified atom stereocenters. The number of amides is 1. The van der Waals surface area contributed by atoms with Crippen LogP contribution < -0.4 is 24.3 Å². The number of aromatic carboxylic acids is 1. The van der Waals surface area contributed by atoms with E-state index >= 15 is 0 Å². The second kappa shape index (κ2) is 9.50. The maximum atomic E-state index is 12.3. The van der Waals surface area contributed by atoms with Crippen LogP contribution >= 0.6 is 0 Å². The van der Waals surface area contributed by atoms with Gasteiger partial charge in [-0.25, -0.2) is 4.79 Å². The summed E-state index contributed by atoms with van der Waals surface area (Å²) in [5, 5.41) is 11.8. The van der Waals surface area contributed by atoms with Gasteiger partial charge in [0, 0.05) is 18.2 Å². The third kappa shape index (κ3) is 4.85. The Morgan fingerprint density at radius 2 is 1.50 bits per heavy atom. The number of methoxy groups -OCH3 is 4. The lowest BCUT2D eigenvalue weighted by molar-refractivity contribution is -0.116. The van der Waals surface area contributed by atoms with E-state index in [0.29, 0.717) is 29.4 Å². The zero-order valence-corrected chi connectivity index (χ0v) is 16.2. The van der Waals surface area contributed by atoms with E-state index in [0.717, 1.165) is 5.56 Å². The molecule has 1 amide bonds. The SMILES string of the molecule is COc1cc(NC(=O)CCc2cc(OC)c(OC)c(OC)c2)ccc1C(=O)O. The minimum Gasteiger partial charge on any atom is -0.496 e. The Labute approximate surface area is 163 Å². The minimum atomic E-state index is -1.10. The van der Waals surface area contributed by atoms with Gasteiger partial charge in [0.15, 0.2) is 11.5 Å². The molecule has 0 saturated carbocycles. The molecule has 0 fully saturated rings. The summed E-state index contributed by atoms with van der Waals surface area (Å²) in [5.41, 5.74) is 1.33. The summed E-state index contributed by atoms with van der Waals surface area (Å²) in [5.74, 6) is 0.382. The van der Waals surface area contributed by atoms with Gasteiger partial charge < -0.3 is 29.4 Å². The van der Waals surface area contributed by atoms with Crippen molar-refractivity contribution >= 4 is 17.6 Å². The molecule has 0 atom stereocenters. The summed E-state index contributed by atoms with van der Waals surface area (Å²) in [6, 6.07) is 7.96. The van der Waals surface area contributed by atoms with Crippen molar-refractivity contribution < 1.29 is 33.6 Å². The number of hydrogen-bond acceptors (Lipinski definition) is 6. The van der Waals surface area contributed by atoms with Crippen molar-refractivity contribution in [3.05, 3.63) is 41.5 Å². The number of nitrogens with one attached hydrogen (secondary N) is 1. The number of ether oxygens (including phenoxy) is 4. The van der Waals surface area contributed by atoms with Crippen molar-refractivity contribution in [3.63, 3.8) is 0 Å². The number of aryl methyl sites for hydroxylation is 1. The Bertz CT molecular complexity index is 839. The summed E-state index contributed by atoms with van der Waals surface area (Å²) in [6.45, 7) is 0. The normalized spacial score (nSPS) is 10.1. The van der Waals surface area contributed by atoms with Crippen molar-refractivity contribution in [2.45, 2.75) is 12.8 Å². The fraction of sp³-hybridized carbons (Fsp3) is 0.300. The molecule has 2 rings (SSSR count). The Morgan fingerprint density at radius 3 is 2.00 bits per heavy atom. The number of benzene rings is 2. The van der Waals surface area contributed by atoms with Crippen molar-refractivity contribution in [2.75, 3.05) is 33.8 Å². The largest absolute Gasteiger partial charge is 0.496 e. The first-order valence-electron chi connectivity index (χ1n) is 8.43. The molecular formula is C20H23NO7. The first kappa shape index (κ1) is 20.9. The van der Waals surface area contributed by atoms with Crippen LogP contribution in [0.1, 0.15) is 22.3 Å². The highest BCUT2D eigenvalue weighted by Crippen LogP contribution is 2.38. The van der Waals surface area contributed by atoms with Crippen LogP contribution in [0.2, 0.25) is 0 Å². The standard InChI is InChI=1S/C20H23NO7/c1-25-15-11-13(6-7-14(15)20(23)24)21-18(22)8-5-12-9-16(26-2)19(28-4)17(10-12)27-3/h6-7,9-11H,5,8H2,1-4H3,(H,21,22)(H,23,24). The fourth-order valence-electron chi connectivity index (χ4n) is 2.71. The van der Waals surface area contributed by atoms with Crippen LogP contribution in [-0.4, -0.2) is 45.4 Å². The lowest BCUT2D eigenvalue weighted by Gasteiger charge is -2.14. The molecule has 0 aromatic heterocycles. The van der Waals surface area contributed by atoms with Gasteiger partial charge in [-0.1, -0.05) is 0 Å². The lowest BCUT2D eigenvalue weighted by atomic mass is 10.1. The maximum Gasteiger partial charge on any atom is 0.339 e. The Balaban J connectivity index is 2.07. The topological polar surface area (TPSA) is 103 Å². The molecule has 0 aliphatic heterocycles. The van der Waals surface area contributed by atoms with E-state index in [-0.39, 0.29) is 23.6 Å². The molecule has 0 bridgehead atoms. The van der Waals surface area contributed by atoms with Gasteiger partial charge in [-0.15, -0.1) is 0 Å². The second-order valence-electron chi connectivity index (χ2n) is 5.80. The summed E-state index contributed by atoms with van der Waals surface area (Å²) in [7, 11) is 5.96. The van der Waals surface area contributed by atoms with Crippen LogP contribution in [-0.2, 0) is 11.2 Å². The van der Waals surface area contributed by atoms with Gasteiger partial charge >= 0.3 is 5.97 Å². The van der Waals surface area contributed by atoms with Crippen LogP contribution in [0.3, 0.4) is 0 Å². The van der Waals surface area contributed by atoms with Crippen molar-refractivity contribution in [1.82, 2.24) is 0 Å². The van der Waals surface area contributed by atoms with Crippen LogP contribution in [0.5, 0.6) is 23.0 Å². The van der Waals surface area contributed by atoms with Gasteiger partial charge in [-0.2, -0.15) is 0 Å². The Kier molecular flexibility index (Phi) is 7.08. The number of carboxylic acids is 1. The summed E-state index contributed by atoms with van der Waals surface area (Å²) < 4.78 is 21.0. The molecule has 150 valence electrons. The number of carbonyl (C=O) groups is 2. The monoisotopic (exact) mass is 389 g/mol. The summed E-state index contributed by atoms with van der Waals surface area (Å²) in [4.78, 5) is 23.4. The molecule has 2 aromatic carbocycles. The summed E-state index contributed by atoms with van der Waals surface area (Å²) >= 11 is 0. The molecule has 8 nitrogen and oxygen atoms in total. The maximum absolute atomic E-state index is 12.3. The third-order valence-corrected chi connectivity index (χ3v) is 4.08. The highest BCUT2D eigenvalue weighted by molar-refractivity contribution is 5.94. The number of rotatable bonds is 9. The molecule has 2 aromatic rings. The van der Waals surface area contributed by atoms with E-state index < -0.39 is 5.97 Å². The van der Waals surface area contributed by atoms with Gasteiger partial charge in [-0.3, -0.25) is 4.79 Å². The quantitative estimate of drug-likeness (QED) is 0.679. The minimum absolute atomic E-state index is 0.0259. The lowest BCUT2D eigenvalue weighted by Crippen LogP contribution is -2.13. The van der Waals surface area contributed by atoms with Crippen molar-refractivity contribution in [2.24, 2.45) is 0 Å². The molecule has 8 heteroatoms. The average molecular weight is 389 g/mol. The van der Waals surface area contributed by atoms with Crippen LogP contribution in [0.4, 0.5) is 5.69 Å². The molecule has 28 heavy (non-hydrogen) atoms. The molecule has 0 spiro atoms. The van der Waals surface area contributed by atoms with E-state index in [4.69, 9.17) is 24.1 Å². The molecule has 0 aliphatic rings. The number of carboxylic acid groups (broad SMARTS) is 1. The van der Waals surface area contributed by atoms with Crippen LogP contribution in [0.15, 0.2) is 30.3 Å². The second-order valence-corrected chi connectivity index (χ2v) is 5.80. The predicted molar refractivity (Wildman–Crippen MR) is 103 cm³/mol. The van der Waals surface area contributed by atoms with E-state index in [1.165, 1.54) is 46.6 Å². The van der Waals surface area contributed by atoms with Crippen LogP contribution in [0, 0.1) is 0 Å². The van der Waals surface area contributed by atoms with Crippen LogP contribution in [0.25, 0.3) is 0 Å². The van der Waals surface area contributed by atoms with E-state index in [9.17, 15) is 9.59 Å². The smallest absolute Gasteiger partial charge is 0.339 e. The van der Waals surface area contributed by atoms with E-state index in [1.54, 1.807) is 12.1 Å². The average Bonchev–Trinajstić information content (AvgIpc) is 2.70. The van der Waals surface area contributed by atoms with Crippen molar-refractivity contribution in [3.8, 4) is 23.0 Å². The fourth-order valence-corrected chi connectivity index (χ4v) is 2.71. The first-order chi connectivity index (χ1) is 13.4.